The van der Waals surface area contributed by atoms with E-state index in [-0.39, 0.29) is 23.8 Å². The molecule has 5 nitrogen and oxygen atoms in total. The second-order valence-corrected chi connectivity index (χ2v) is 5.79. The summed E-state index contributed by atoms with van der Waals surface area (Å²) in [4.78, 5) is 26.1. The smallest absolute Gasteiger partial charge is 0.227 e. The molecule has 0 saturated carbocycles. The van der Waals surface area contributed by atoms with Gasteiger partial charge in [-0.15, -0.1) is 0 Å². The van der Waals surface area contributed by atoms with Crippen LogP contribution in [0.2, 0.25) is 0 Å². The Hall–Kier alpha value is -1.10. The Morgan fingerprint density at radius 3 is 2.72 bits per heavy atom. The number of hydrogen-bond acceptors (Lipinski definition) is 3. The van der Waals surface area contributed by atoms with E-state index in [0.717, 1.165) is 19.4 Å². The molecule has 0 aromatic heterocycles. The first-order valence-corrected chi connectivity index (χ1v) is 6.72. The molecule has 2 aliphatic rings. The molecule has 0 spiro atoms. The van der Waals surface area contributed by atoms with E-state index >= 15 is 0 Å². The number of nitrogens with zero attached hydrogens (tertiary/aromatic N) is 1. The summed E-state index contributed by atoms with van der Waals surface area (Å²) in [5.74, 6) is 0.326. The zero-order valence-electron chi connectivity index (χ0n) is 11.5. The summed E-state index contributed by atoms with van der Waals surface area (Å²) < 4.78 is 0. The van der Waals surface area contributed by atoms with Crippen LogP contribution < -0.4 is 10.6 Å². The van der Waals surface area contributed by atoms with Crippen molar-refractivity contribution in [1.82, 2.24) is 15.5 Å². The quantitative estimate of drug-likeness (QED) is 0.726. The van der Waals surface area contributed by atoms with Gasteiger partial charge in [-0.1, -0.05) is 0 Å². The molecule has 0 aromatic rings. The molecule has 102 valence electrons. The number of nitrogens with one attached hydrogen (secondary N) is 2. The molecular weight excluding hydrogens is 230 g/mol. The van der Waals surface area contributed by atoms with Crippen LogP contribution in [0.5, 0.6) is 0 Å². The summed E-state index contributed by atoms with van der Waals surface area (Å²) in [5, 5.41) is 6.00. The molecule has 2 amide bonds. The first-order valence-electron chi connectivity index (χ1n) is 6.72. The fourth-order valence-corrected chi connectivity index (χ4v) is 3.07. The standard InChI is InChI=1S/C13H23N3O2/c1-9-10(4-6-15-9)11(17)16-7-5-13(2,8-16)12(18)14-3/h9-10,15H,4-8H2,1-3H3,(H,14,18). The van der Waals surface area contributed by atoms with Crippen molar-refractivity contribution < 1.29 is 9.59 Å². The second-order valence-electron chi connectivity index (χ2n) is 5.79. The van der Waals surface area contributed by atoms with Crippen molar-refractivity contribution in [2.75, 3.05) is 26.7 Å². The average molecular weight is 253 g/mol. The lowest BCUT2D eigenvalue weighted by Gasteiger charge is -2.25. The molecule has 5 heteroatoms. The molecule has 2 rings (SSSR count). The van der Waals surface area contributed by atoms with Crippen LogP contribution in [-0.2, 0) is 9.59 Å². The van der Waals surface area contributed by atoms with Crippen molar-refractivity contribution in [2.24, 2.45) is 11.3 Å². The molecule has 3 unspecified atom stereocenters. The van der Waals surface area contributed by atoms with E-state index < -0.39 is 5.41 Å². The van der Waals surface area contributed by atoms with Gasteiger partial charge in [0.25, 0.3) is 0 Å². The molecule has 0 bridgehead atoms. The summed E-state index contributed by atoms with van der Waals surface area (Å²) >= 11 is 0. The number of hydrogen-bond donors (Lipinski definition) is 2. The Kier molecular flexibility index (Phi) is 3.61. The zero-order chi connectivity index (χ0) is 13.3. The van der Waals surface area contributed by atoms with E-state index in [2.05, 4.69) is 17.6 Å². The molecular formula is C13H23N3O2. The van der Waals surface area contributed by atoms with Crippen LogP contribution in [0.15, 0.2) is 0 Å². The first kappa shape index (κ1) is 13.3. The van der Waals surface area contributed by atoms with Crippen molar-refractivity contribution >= 4 is 11.8 Å². The fourth-order valence-electron chi connectivity index (χ4n) is 3.07. The van der Waals surface area contributed by atoms with Gasteiger partial charge >= 0.3 is 0 Å². The second kappa shape index (κ2) is 4.88. The lowest BCUT2D eigenvalue weighted by atomic mass is 9.89. The summed E-state index contributed by atoms with van der Waals surface area (Å²) in [5.41, 5.74) is -0.417. The lowest BCUT2D eigenvalue weighted by molar-refractivity contribution is -0.136. The van der Waals surface area contributed by atoms with Crippen molar-refractivity contribution in [3.05, 3.63) is 0 Å². The molecule has 2 saturated heterocycles. The highest BCUT2D eigenvalue weighted by Gasteiger charge is 2.43. The predicted molar refractivity (Wildman–Crippen MR) is 68.9 cm³/mol. The Morgan fingerprint density at radius 2 is 2.17 bits per heavy atom. The molecule has 0 aromatic carbocycles. The van der Waals surface area contributed by atoms with E-state index in [1.807, 2.05) is 11.8 Å². The average Bonchev–Trinajstić information content (AvgIpc) is 2.95. The van der Waals surface area contributed by atoms with Gasteiger partial charge in [-0.05, 0) is 33.2 Å². The Balaban J connectivity index is 2.00. The number of carbonyl (C=O) groups is 2. The van der Waals surface area contributed by atoms with Gasteiger partial charge in [-0.25, -0.2) is 0 Å². The third kappa shape index (κ3) is 2.23. The van der Waals surface area contributed by atoms with E-state index in [0.29, 0.717) is 13.1 Å². The van der Waals surface area contributed by atoms with Crippen LogP contribution in [0, 0.1) is 11.3 Å². The monoisotopic (exact) mass is 253 g/mol. The largest absolute Gasteiger partial charge is 0.359 e. The maximum absolute atomic E-state index is 12.4. The number of rotatable bonds is 2. The van der Waals surface area contributed by atoms with Crippen molar-refractivity contribution in [1.29, 1.82) is 0 Å². The van der Waals surface area contributed by atoms with Crippen LogP contribution in [0.1, 0.15) is 26.7 Å². The maximum Gasteiger partial charge on any atom is 0.227 e. The van der Waals surface area contributed by atoms with E-state index in [1.165, 1.54) is 0 Å². The van der Waals surface area contributed by atoms with Gasteiger partial charge in [-0.3, -0.25) is 9.59 Å². The molecule has 2 fully saturated rings. The summed E-state index contributed by atoms with van der Waals surface area (Å²) in [6, 6.07) is 0.254. The minimum atomic E-state index is -0.417. The predicted octanol–water partition coefficient (Wildman–Crippen LogP) is -0.0310. The van der Waals surface area contributed by atoms with Gasteiger partial charge in [0.2, 0.25) is 11.8 Å². The fraction of sp³-hybridized carbons (Fsp3) is 0.846. The van der Waals surface area contributed by atoms with Gasteiger partial charge in [0.1, 0.15) is 0 Å². The molecule has 0 aliphatic carbocycles. The van der Waals surface area contributed by atoms with Gasteiger partial charge in [0.15, 0.2) is 0 Å². The van der Waals surface area contributed by atoms with E-state index in [1.54, 1.807) is 7.05 Å². The Morgan fingerprint density at radius 1 is 1.44 bits per heavy atom. The summed E-state index contributed by atoms with van der Waals surface area (Å²) in [6.07, 6.45) is 1.67. The van der Waals surface area contributed by atoms with Gasteiger partial charge in [0, 0.05) is 26.2 Å². The molecule has 2 N–H and O–H groups in total. The van der Waals surface area contributed by atoms with Crippen molar-refractivity contribution in [2.45, 2.75) is 32.7 Å². The number of likely N-dealkylation sites (tertiary alicyclic amines) is 1. The highest BCUT2D eigenvalue weighted by atomic mass is 16.2. The maximum atomic E-state index is 12.4. The minimum Gasteiger partial charge on any atom is -0.359 e. The van der Waals surface area contributed by atoms with Gasteiger partial charge < -0.3 is 15.5 Å². The van der Waals surface area contributed by atoms with E-state index in [4.69, 9.17) is 0 Å². The first-order chi connectivity index (χ1) is 8.48. The molecule has 2 heterocycles. The Bertz CT molecular complexity index is 358. The minimum absolute atomic E-state index is 0.0374. The normalized spacial score (nSPS) is 35.8. The highest BCUT2D eigenvalue weighted by Crippen LogP contribution is 2.32. The zero-order valence-corrected chi connectivity index (χ0v) is 11.5. The molecule has 18 heavy (non-hydrogen) atoms. The van der Waals surface area contributed by atoms with Crippen LogP contribution in [0.4, 0.5) is 0 Å². The van der Waals surface area contributed by atoms with E-state index in [9.17, 15) is 9.59 Å². The van der Waals surface area contributed by atoms with Crippen LogP contribution in [0.3, 0.4) is 0 Å². The van der Waals surface area contributed by atoms with Gasteiger partial charge in [0.05, 0.1) is 11.3 Å². The third-order valence-corrected chi connectivity index (χ3v) is 4.40. The number of amides is 2. The Labute approximate surface area is 108 Å². The lowest BCUT2D eigenvalue weighted by Crippen LogP contribution is -2.43. The summed E-state index contributed by atoms with van der Waals surface area (Å²) in [7, 11) is 1.65. The third-order valence-electron chi connectivity index (χ3n) is 4.40. The topological polar surface area (TPSA) is 61.4 Å². The summed E-state index contributed by atoms with van der Waals surface area (Å²) in [6.45, 7) is 6.16. The van der Waals surface area contributed by atoms with Crippen molar-refractivity contribution in [3.8, 4) is 0 Å². The molecule has 3 atom stereocenters. The highest BCUT2D eigenvalue weighted by molar-refractivity contribution is 5.85. The number of carbonyl (C=O) groups excluding carboxylic acids is 2. The SMILES string of the molecule is CNC(=O)C1(C)CCN(C(=O)C2CCNC2C)C1. The molecule has 2 aliphatic heterocycles. The van der Waals surface area contributed by atoms with Crippen LogP contribution in [-0.4, -0.2) is 49.4 Å². The van der Waals surface area contributed by atoms with Gasteiger partial charge in [-0.2, -0.15) is 0 Å². The van der Waals surface area contributed by atoms with Crippen molar-refractivity contribution in [3.63, 3.8) is 0 Å². The van der Waals surface area contributed by atoms with Crippen LogP contribution in [0.25, 0.3) is 0 Å². The molecule has 0 radical (unpaired) electrons. The van der Waals surface area contributed by atoms with Crippen LogP contribution >= 0.6 is 0 Å².